The average Bonchev–Trinajstić information content (AvgIpc) is 3.05. The van der Waals surface area contributed by atoms with Crippen molar-refractivity contribution >= 4 is 22.2 Å². The maximum Gasteiger partial charge on any atom is 0.280 e. The van der Waals surface area contributed by atoms with Crippen LogP contribution in [-0.4, -0.2) is 34.7 Å². The van der Waals surface area contributed by atoms with Crippen LogP contribution >= 0.6 is 0 Å². The van der Waals surface area contributed by atoms with E-state index in [2.05, 4.69) is 25.3 Å². The van der Waals surface area contributed by atoms with E-state index in [1.807, 2.05) is 31.3 Å². The van der Waals surface area contributed by atoms with Crippen molar-refractivity contribution < 1.29 is 4.84 Å². The van der Waals surface area contributed by atoms with E-state index < -0.39 is 0 Å². The van der Waals surface area contributed by atoms with Gasteiger partial charge < -0.3 is 9.40 Å². The number of benzene rings is 1. The molecule has 0 aliphatic rings. The summed E-state index contributed by atoms with van der Waals surface area (Å²) in [7, 11) is 1.86. The van der Waals surface area contributed by atoms with Crippen LogP contribution in [0.15, 0.2) is 36.9 Å². The van der Waals surface area contributed by atoms with Crippen LogP contribution in [-0.2, 0) is 7.05 Å². The van der Waals surface area contributed by atoms with Crippen LogP contribution < -0.4 is 4.84 Å². The van der Waals surface area contributed by atoms with Crippen molar-refractivity contribution in [3.05, 3.63) is 36.9 Å². The molecule has 0 aliphatic heterocycles. The molecule has 20 heavy (non-hydrogen) atoms. The lowest BCUT2D eigenvalue weighted by Crippen LogP contribution is -2.09. The summed E-state index contributed by atoms with van der Waals surface area (Å²) in [5.74, 6) is 0.339. The van der Waals surface area contributed by atoms with Gasteiger partial charge in [0, 0.05) is 7.05 Å². The molecule has 0 unspecified atom stereocenters. The molecule has 0 aliphatic carbocycles. The highest BCUT2D eigenvalue weighted by Crippen LogP contribution is 2.20. The second kappa shape index (κ2) is 3.98. The van der Waals surface area contributed by atoms with E-state index in [-0.39, 0.29) is 0 Å². The van der Waals surface area contributed by atoms with E-state index in [9.17, 15) is 0 Å². The molecule has 0 N–H and O–H groups in total. The molecule has 0 amide bonds. The minimum Gasteiger partial charge on any atom is -0.333 e. The van der Waals surface area contributed by atoms with Crippen LogP contribution in [0.5, 0.6) is 5.88 Å². The first kappa shape index (κ1) is 10.9. The Hall–Kier alpha value is -3.03. The average molecular weight is 267 g/mol. The molecule has 3 heterocycles. The first-order chi connectivity index (χ1) is 9.83. The maximum atomic E-state index is 5.67. The van der Waals surface area contributed by atoms with E-state index >= 15 is 0 Å². The topological polar surface area (TPSA) is 83.5 Å². The molecule has 0 spiro atoms. The van der Waals surface area contributed by atoms with Crippen molar-refractivity contribution in [1.29, 1.82) is 0 Å². The Labute approximate surface area is 112 Å². The standard InChI is InChI=1S/C12H9N7O/c1-18-7-15-10-11(18)13-6-14-12(10)20-19-9-5-3-2-4-8(9)16-17-19/h2-7H,1H3. The zero-order valence-corrected chi connectivity index (χ0v) is 10.5. The van der Waals surface area contributed by atoms with Crippen LogP contribution in [0.1, 0.15) is 0 Å². The lowest BCUT2D eigenvalue weighted by Gasteiger charge is -2.03. The predicted octanol–water partition coefficient (Wildman–Crippen LogP) is 0.950. The second-order valence-electron chi connectivity index (χ2n) is 4.25. The molecule has 3 aromatic heterocycles. The molecule has 98 valence electrons. The zero-order chi connectivity index (χ0) is 13.5. The molecule has 0 atom stereocenters. The largest absolute Gasteiger partial charge is 0.333 e. The zero-order valence-electron chi connectivity index (χ0n) is 10.5. The first-order valence-electron chi connectivity index (χ1n) is 5.94. The van der Waals surface area contributed by atoms with Gasteiger partial charge in [-0.3, -0.25) is 0 Å². The van der Waals surface area contributed by atoms with E-state index in [4.69, 9.17) is 4.84 Å². The first-order valence-corrected chi connectivity index (χ1v) is 5.94. The quantitative estimate of drug-likeness (QED) is 0.537. The molecule has 0 saturated heterocycles. The van der Waals surface area contributed by atoms with Gasteiger partial charge in [0.1, 0.15) is 17.4 Å². The molecule has 0 radical (unpaired) electrons. The molecule has 0 bridgehead atoms. The predicted molar refractivity (Wildman–Crippen MR) is 69.9 cm³/mol. The van der Waals surface area contributed by atoms with Gasteiger partial charge in [-0.25, -0.2) is 9.97 Å². The highest BCUT2D eigenvalue weighted by molar-refractivity contribution is 5.76. The summed E-state index contributed by atoms with van der Waals surface area (Å²) < 4.78 is 1.79. The van der Waals surface area contributed by atoms with Crippen LogP contribution in [0.4, 0.5) is 0 Å². The van der Waals surface area contributed by atoms with Crippen molar-refractivity contribution in [3.63, 3.8) is 0 Å². The summed E-state index contributed by atoms with van der Waals surface area (Å²) in [5, 5.41) is 7.97. The number of fused-ring (bicyclic) bond motifs is 2. The molecule has 1 aromatic carbocycles. The van der Waals surface area contributed by atoms with Crippen molar-refractivity contribution in [2.24, 2.45) is 7.05 Å². The highest BCUT2D eigenvalue weighted by Gasteiger charge is 2.12. The summed E-state index contributed by atoms with van der Waals surface area (Å²) in [6.07, 6.45) is 3.09. The third kappa shape index (κ3) is 1.51. The Morgan fingerprint density at radius 3 is 2.95 bits per heavy atom. The fourth-order valence-electron chi connectivity index (χ4n) is 1.99. The Morgan fingerprint density at radius 2 is 2.00 bits per heavy atom. The van der Waals surface area contributed by atoms with Gasteiger partial charge in [0.15, 0.2) is 11.2 Å². The highest BCUT2D eigenvalue weighted by atomic mass is 16.7. The molecular formula is C12H9N7O. The van der Waals surface area contributed by atoms with Gasteiger partial charge >= 0.3 is 0 Å². The summed E-state index contributed by atoms with van der Waals surface area (Å²) >= 11 is 0. The smallest absolute Gasteiger partial charge is 0.280 e. The number of aromatic nitrogens is 7. The molecule has 4 aromatic rings. The van der Waals surface area contributed by atoms with E-state index in [1.54, 1.807) is 10.9 Å². The van der Waals surface area contributed by atoms with Crippen molar-refractivity contribution in [1.82, 2.24) is 34.7 Å². The number of rotatable bonds is 2. The second-order valence-corrected chi connectivity index (χ2v) is 4.25. The maximum absolute atomic E-state index is 5.67. The van der Waals surface area contributed by atoms with Gasteiger partial charge in [-0.15, -0.1) is 5.10 Å². The molecular weight excluding hydrogens is 258 g/mol. The lowest BCUT2D eigenvalue weighted by atomic mass is 10.3. The van der Waals surface area contributed by atoms with Gasteiger partial charge in [0.2, 0.25) is 0 Å². The number of hydrogen-bond donors (Lipinski definition) is 0. The monoisotopic (exact) mass is 267 g/mol. The van der Waals surface area contributed by atoms with E-state index in [1.165, 1.54) is 11.2 Å². The molecule has 0 saturated carbocycles. The number of para-hydroxylation sites is 1. The lowest BCUT2D eigenvalue weighted by molar-refractivity contribution is 0.178. The SMILES string of the molecule is Cn1cnc2c(On3nnc4ccccc43)ncnc21. The number of nitrogens with zero attached hydrogens (tertiary/aromatic N) is 7. The Kier molecular flexibility index (Phi) is 2.16. The minimum atomic E-state index is 0.339. The third-order valence-corrected chi connectivity index (χ3v) is 2.96. The summed E-state index contributed by atoms with van der Waals surface area (Å²) in [6, 6.07) is 7.51. The van der Waals surface area contributed by atoms with Crippen LogP contribution in [0.25, 0.3) is 22.2 Å². The van der Waals surface area contributed by atoms with Crippen LogP contribution in [0.2, 0.25) is 0 Å². The Bertz CT molecular complexity index is 910. The normalized spacial score (nSPS) is 11.2. The Balaban J connectivity index is 1.85. The number of aryl methyl sites for hydroxylation is 1. The molecule has 0 fully saturated rings. The summed E-state index contributed by atoms with van der Waals surface area (Å²) in [4.78, 5) is 19.5. The van der Waals surface area contributed by atoms with Crippen molar-refractivity contribution in [2.45, 2.75) is 0 Å². The van der Waals surface area contributed by atoms with Crippen LogP contribution in [0, 0.1) is 0 Å². The van der Waals surface area contributed by atoms with Gasteiger partial charge in [0.05, 0.1) is 6.33 Å². The minimum absolute atomic E-state index is 0.339. The van der Waals surface area contributed by atoms with Gasteiger partial charge in [-0.1, -0.05) is 17.0 Å². The van der Waals surface area contributed by atoms with E-state index in [0.717, 1.165) is 11.0 Å². The van der Waals surface area contributed by atoms with Gasteiger partial charge in [-0.05, 0) is 17.3 Å². The van der Waals surface area contributed by atoms with Gasteiger partial charge in [-0.2, -0.15) is 4.98 Å². The van der Waals surface area contributed by atoms with Gasteiger partial charge in [0.25, 0.3) is 5.88 Å². The van der Waals surface area contributed by atoms with Crippen molar-refractivity contribution in [3.8, 4) is 5.88 Å². The van der Waals surface area contributed by atoms with Crippen LogP contribution in [0.3, 0.4) is 0 Å². The molecule has 8 heteroatoms. The molecule has 4 rings (SSSR count). The number of imidazole rings is 1. The fraction of sp³-hybridized carbons (Fsp3) is 0.0833. The Morgan fingerprint density at radius 1 is 1.10 bits per heavy atom. The molecule has 8 nitrogen and oxygen atoms in total. The van der Waals surface area contributed by atoms with Crippen molar-refractivity contribution in [2.75, 3.05) is 0 Å². The number of hydrogen-bond acceptors (Lipinski definition) is 6. The third-order valence-electron chi connectivity index (χ3n) is 2.96. The summed E-state index contributed by atoms with van der Waals surface area (Å²) in [5.41, 5.74) is 2.78. The summed E-state index contributed by atoms with van der Waals surface area (Å²) in [6.45, 7) is 0. The van der Waals surface area contributed by atoms with E-state index in [0.29, 0.717) is 17.0 Å². The fourth-order valence-corrected chi connectivity index (χ4v) is 1.99.